The highest BCUT2D eigenvalue weighted by molar-refractivity contribution is 7.12. The predicted octanol–water partition coefficient (Wildman–Crippen LogP) is 2.41. The van der Waals surface area contributed by atoms with Crippen LogP contribution in [0.1, 0.15) is 15.3 Å². The molecule has 2 aromatic rings. The fourth-order valence-electron chi connectivity index (χ4n) is 2.03. The van der Waals surface area contributed by atoms with Gasteiger partial charge in [-0.15, -0.1) is 11.3 Å². The van der Waals surface area contributed by atoms with Crippen LogP contribution in [0.4, 0.5) is 0 Å². The lowest BCUT2D eigenvalue weighted by molar-refractivity contribution is -0.141. The van der Waals surface area contributed by atoms with E-state index < -0.39 is 12.0 Å². The Morgan fingerprint density at radius 1 is 1.19 bits per heavy atom. The van der Waals surface area contributed by atoms with E-state index in [2.05, 4.69) is 5.32 Å². The van der Waals surface area contributed by atoms with Crippen molar-refractivity contribution in [2.45, 2.75) is 25.8 Å². The second kappa shape index (κ2) is 7.04. The summed E-state index contributed by atoms with van der Waals surface area (Å²) in [6.07, 6.45) is 0.502. The minimum atomic E-state index is -1.02. The van der Waals surface area contributed by atoms with E-state index in [9.17, 15) is 14.7 Å². The van der Waals surface area contributed by atoms with Crippen molar-refractivity contribution in [1.82, 2.24) is 5.32 Å². The molecule has 4 nitrogen and oxygen atoms in total. The second-order valence-corrected chi connectivity index (χ2v) is 6.21. The first-order valence-corrected chi connectivity index (χ1v) is 7.47. The van der Waals surface area contributed by atoms with Gasteiger partial charge in [0.05, 0.1) is 6.42 Å². The predicted molar refractivity (Wildman–Crippen MR) is 82.5 cm³/mol. The molecule has 2 N–H and O–H groups in total. The third kappa shape index (κ3) is 4.72. The van der Waals surface area contributed by atoms with Crippen molar-refractivity contribution >= 4 is 23.2 Å². The van der Waals surface area contributed by atoms with Gasteiger partial charge in [-0.3, -0.25) is 4.79 Å². The van der Waals surface area contributed by atoms with Crippen LogP contribution >= 0.6 is 11.3 Å². The minimum Gasteiger partial charge on any atom is -0.480 e. The Bertz CT molecular complexity index is 621. The van der Waals surface area contributed by atoms with Crippen molar-refractivity contribution in [3.8, 4) is 0 Å². The van der Waals surface area contributed by atoms with Gasteiger partial charge < -0.3 is 10.4 Å². The number of carbonyl (C=O) groups is 2. The van der Waals surface area contributed by atoms with E-state index in [1.54, 1.807) is 11.3 Å². The monoisotopic (exact) mass is 303 g/mol. The van der Waals surface area contributed by atoms with E-state index in [0.29, 0.717) is 0 Å². The molecule has 1 aromatic carbocycles. The summed E-state index contributed by atoms with van der Waals surface area (Å²) in [6.45, 7) is 1.97. The van der Waals surface area contributed by atoms with Crippen LogP contribution in [0.3, 0.4) is 0 Å². The number of carbonyl (C=O) groups excluding carboxylic acids is 1. The van der Waals surface area contributed by atoms with Crippen molar-refractivity contribution in [2.24, 2.45) is 0 Å². The zero-order valence-electron chi connectivity index (χ0n) is 11.7. The lowest BCUT2D eigenvalue weighted by Crippen LogP contribution is -2.42. The molecule has 0 aliphatic carbocycles. The first-order valence-electron chi connectivity index (χ1n) is 6.66. The van der Waals surface area contributed by atoms with E-state index in [4.69, 9.17) is 0 Å². The minimum absolute atomic E-state index is 0.219. The summed E-state index contributed by atoms with van der Waals surface area (Å²) in [5, 5.41) is 11.8. The van der Waals surface area contributed by atoms with Crippen LogP contribution in [-0.2, 0) is 22.4 Å². The van der Waals surface area contributed by atoms with Crippen LogP contribution in [0.25, 0.3) is 0 Å². The Balaban J connectivity index is 1.96. The van der Waals surface area contributed by atoms with Gasteiger partial charge in [-0.05, 0) is 24.6 Å². The molecule has 21 heavy (non-hydrogen) atoms. The number of hydrogen-bond acceptors (Lipinski definition) is 3. The number of carboxylic acid groups (broad SMARTS) is 1. The van der Waals surface area contributed by atoms with Crippen molar-refractivity contribution in [3.05, 3.63) is 57.8 Å². The summed E-state index contributed by atoms with van der Waals surface area (Å²) >= 11 is 1.55. The Kier molecular flexibility index (Phi) is 5.11. The first-order chi connectivity index (χ1) is 10.0. The van der Waals surface area contributed by atoms with Gasteiger partial charge in [0.1, 0.15) is 6.04 Å². The molecular formula is C16H17NO3S. The number of hydrogen-bond donors (Lipinski definition) is 2. The normalized spacial score (nSPS) is 11.9. The van der Waals surface area contributed by atoms with Crippen LogP contribution in [0, 0.1) is 6.92 Å². The molecule has 2 rings (SSSR count). The van der Waals surface area contributed by atoms with E-state index in [0.717, 1.165) is 15.3 Å². The van der Waals surface area contributed by atoms with Crippen LogP contribution in [0.15, 0.2) is 42.5 Å². The second-order valence-electron chi connectivity index (χ2n) is 4.84. The molecule has 0 aliphatic rings. The average Bonchev–Trinajstić information content (AvgIpc) is 2.84. The molecule has 0 aliphatic heterocycles. The van der Waals surface area contributed by atoms with Gasteiger partial charge in [0.25, 0.3) is 0 Å². The summed E-state index contributed by atoms with van der Waals surface area (Å²) < 4.78 is 0. The van der Waals surface area contributed by atoms with Gasteiger partial charge in [-0.2, -0.15) is 0 Å². The summed E-state index contributed by atoms with van der Waals surface area (Å²) in [6, 6.07) is 12.2. The van der Waals surface area contributed by atoms with E-state index >= 15 is 0 Å². The molecule has 0 saturated heterocycles. The molecule has 0 saturated carbocycles. The van der Waals surface area contributed by atoms with Gasteiger partial charge in [0, 0.05) is 16.2 Å². The van der Waals surface area contributed by atoms with Gasteiger partial charge in [-0.1, -0.05) is 30.3 Å². The number of amides is 1. The topological polar surface area (TPSA) is 66.4 Å². The number of carboxylic acids is 1. The number of benzene rings is 1. The third-order valence-corrected chi connectivity index (χ3v) is 4.05. The highest BCUT2D eigenvalue weighted by atomic mass is 32.1. The standard InChI is InChI=1S/C16H17NO3S/c1-11-7-8-13(21-11)10-15(18)17-14(16(19)20)9-12-5-3-2-4-6-12/h2-8,14H,9-10H2,1H3,(H,17,18)(H,19,20). The van der Waals surface area contributed by atoms with E-state index in [1.165, 1.54) is 0 Å². The molecule has 0 bridgehead atoms. The zero-order chi connectivity index (χ0) is 15.2. The lowest BCUT2D eigenvalue weighted by atomic mass is 10.1. The molecule has 0 radical (unpaired) electrons. The number of rotatable bonds is 6. The zero-order valence-corrected chi connectivity index (χ0v) is 12.5. The van der Waals surface area contributed by atoms with Gasteiger partial charge in [-0.25, -0.2) is 4.79 Å². The van der Waals surface area contributed by atoms with Gasteiger partial charge >= 0.3 is 5.97 Å². The van der Waals surface area contributed by atoms with Crippen LogP contribution in [-0.4, -0.2) is 23.0 Å². The number of nitrogens with one attached hydrogen (secondary N) is 1. The Labute approximate surface area is 127 Å². The van der Waals surface area contributed by atoms with Crippen LogP contribution in [0.5, 0.6) is 0 Å². The Morgan fingerprint density at radius 3 is 2.48 bits per heavy atom. The fourth-order valence-corrected chi connectivity index (χ4v) is 2.92. The molecule has 5 heteroatoms. The molecule has 0 spiro atoms. The van der Waals surface area contributed by atoms with Crippen LogP contribution in [0.2, 0.25) is 0 Å². The molecule has 1 heterocycles. The largest absolute Gasteiger partial charge is 0.480 e. The Morgan fingerprint density at radius 2 is 1.90 bits per heavy atom. The van der Waals surface area contributed by atoms with Crippen molar-refractivity contribution in [3.63, 3.8) is 0 Å². The summed E-state index contributed by atoms with van der Waals surface area (Å²) in [5.74, 6) is -1.28. The number of aliphatic carboxylic acids is 1. The lowest BCUT2D eigenvalue weighted by Gasteiger charge is -2.14. The van der Waals surface area contributed by atoms with Crippen molar-refractivity contribution < 1.29 is 14.7 Å². The maximum atomic E-state index is 12.0. The molecule has 0 fully saturated rings. The van der Waals surface area contributed by atoms with Crippen LogP contribution < -0.4 is 5.32 Å². The summed E-state index contributed by atoms with van der Waals surface area (Å²) in [7, 11) is 0. The van der Waals surface area contributed by atoms with Gasteiger partial charge in [0.15, 0.2) is 0 Å². The number of thiophene rings is 1. The summed E-state index contributed by atoms with van der Waals surface area (Å²) in [4.78, 5) is 25.3. The quantitative estimate of drug-likeness (QED) is 0.861. The first kappa shape index (κ1) is 15.3. The van der Waals surface area contributed by atoms with E-state index in [-0.39, 0.29) is 18.7 Å². The molecule has 1 amide bonds. The maximum Gasteiger partial charge on any atom is 0.326 e. The third-order valence-electron chi connectivity index (χ3n) is 3.05. The number of aryl methyl sites for hydroxylation is 1. The molecule has 1 aromatic heterocycles. The highest BCUT2D eigenvalue weighted by Crippen LogP contribution is 2.15. The summed E-state index contributed by atoms with van der Waals surface area (Å²) in [5.41, 5.74) is 0.886. The smallest absolute Gasteiger partial charge is 0.326 e. The molecule has 110 valence electrons. The average molecular weight is 303 g/mol. The Hall–Kier alpha value is -2.14. The molecular weight excluding hydrogens is 286 g/mol. The molecule has 1 atom stereocenters. The van der Waals surface area contributed by atoms with Crippen molar-refractivity contribution in [2.75, 3.05) is 0 Å². The van der Waals surface area contributed by atoms with Gasteiger partial charge in [0.2, 0.25) is 5.91 Å². The van der Waals surface area contributed by atoms with Crippen molar-refractivity contribution in [1.29, 1.82) is 0 Å². The molecule has 1 unspecified atom stereocenters. The SMILES string of the molecule is Cc1ccc(CC(=O)NC(Cc2ccccc2)C(=O)O)s1. The van der Waals surface area contributed by atoms with E-state index in [1.807, 2.05) is 49.4 Å². The fraction of sp³-hybridized carbons (Fsp3) is 0.250. The highest BCUT2D eigenvalue weighted by Gasteiger charge is 2.20. The maximum absolute atomic E-state index is 12.0.